The molecule has 0 fully saturated rings. The topological polar surface area (TPSA) is 38.0 Å². The lowest BCUT2D eigenvalue weighted by atomic mass is 10.2. The molecule has 2 aromatic rings. The second kappa shape index (κ2) is 4.63. The van der Waals surface area contributed by atoms with Gasteiger partial charge in [-0.15, -0.1) is 0 Å². The van der Waals surface area contributed by atoms with Crippen LogP contribution in [0.4, 0.5) is 21.5 Å². The molecular formula is C13H12ClFN2. The lowest BCUT2D eigenvalue weighted by Gasteiger charge is -2.12. The van der Waals surface area contributed by atoms with E-state index in [4.69, 9.17) is 17.3 Å². The number of nitrogen functional groups attached to an aromatic ring is 1. The Balaban J connectivity index is 2.34. The highest BCUT2D eigenvalue weighted by molar-refractivity contribution is 6.31. The third kappa shape index (κ3) is 2.68. The second-order valence-corrected chi connectivity index (χ2v) is 4.25. The predicted molar refractivity (Wildman–Crippen MR) is 70.3 cm³/mol. The van der Waals surface area contributed by atoms with Gasteiger partial charge in [-0.05, 0) is 48.9 Å². The molecule has 0 bridgehead atoms. The zero-order valence-electron chi connectivity index (χ0n) is 9.30. The number of nitrogens with two attached hydrogens (primary N) is 1. The lowest BCUT2D eigenvalue weighted by molar-refractivity contribution is 0.627. The van der Waals surface area contributed by atoms with Crippen molar-refractivity contribution in [2.24, 2.45) is 0 Å². The van der Waals surface area contributed by atoms with E-state index in [-0.39, 0.29) is 5.82 Å². The van der Waals surface area contributed by atoms with Crippen molar-refractivity contribution in [1.29, 1.82) is 0 Å². The van der Waals surface area contributed by atoms with Crippen LogP contribution in [0.1, 0.15) is 5.56 Å². The van der Waals surface area contributed by atoms with Crippen molar-refractivity contribution >= 4 is 28.7 Å². The van der Waals surface area contributed by atoms with Crippen LogP contribution in [0.15, 0.2) is 36.4 Å². The van der Waals surface area contributed by atoms with E-state index in [0.29, 0.717) is 16.4 Å². The summed E-state index contributed by atoms with van der Waals surface area (Å²) < 4.78 is 13.0. The highest BCUT2D eigenvalue weighted by Crippen LogP contribution is 2.28. The largest absolute Gasteiger partial charge is 0.397 e. The minimum Gasteiger partial charge on any atom is -0.397 e. The van der Waals surface area contributed by atoms with E-state index in [1.807, 2.05) is 6.92 Å². The summed E-state index contributed by atoms with van der Waals surface area (Å²) in [5.41, 5.74) is 8.75. The quantitative estimate of drug-likeness (QED) is 0.787. The Hall–Kier alpha value is -1.74. The summed E-state index contributed by atoms with van der Waals surface area (Å²) in [6.07, 6.45) is 0. The predicted octanol–water partition coefficient (Wildman–Crippen LogP) is 4.11. The van der Waals surface area contributed by atoms with Crippen LogP contribution < -0.4 is 11.1 Å². The van der Waals surface area contributed by atoms with Crippen molar-refractivity contribution < 1.29 is 4.39 Å². The van der Waals surface area contributed by atoms with Crippen LogP contribution >= 0.6 is 11.6 Å². The first-order valence-corrected chi connectivity index (χ1v) is 5.52. The SMILES string of the molecule is Cc1cc(F)ccc1Nc1cc(Cl)ccc1N. The maximum Gasteiger partial charge on any atom is 0.123 e. The Bertz CT molecular complexity index is 555. The lowest BCUT2D eigenvalue weighted by Crippen LogP contribution is -1.98. The average Bonchev–Trinajstić information content (AvgIpc) is 2.27. The van der Waals surface area contributed by atoms with Gasteiger partial charge in [0.25, 0.3) is 0 Å². The molecule has 17 heavy (non-hydrogen) atoms. The van der Waals surface area contributed by atoms with Gasteiger partial charge in [0.15, 0.2) is 0 Å². The van der Waals surface area contributed by atoms with Crippen molar-refractivity contribution in [2.45, 2.75) is 6.92 Å². The Morgan fingerprint density at radius 2 is 1.88 bits per heavy atom. The number of nitrogens with one attached hydrogen (secondary N) is 1. The molecule has 0 heterocycles. The zero-order valence-corrected chi connectivity index (χ0v) is 10.1. The molecule has 0 aliphatic rings. The van der Waals surface area contributed by atoms with Crippen LogP contribution in [-0.4, -0.2) is 0 Å². The monoisotopic (exact) mass is 250 g/mol. The van der Waals surface area contributed by atoms with Crippen LogP contribution in [0.5, 0.6) is 0 Å². The van der Waals surface area contributed by atoms with E-state index in [2.05, 4.69) is 5.32 Å². The van der Waals surface area contributed by atoms with Crippen LogP contribution in [0.3, 0.4) is 0 Å². The molecule has 0 amide bonds. The Kier molecular flexibility index (Phi) is 3.20. The Labute approximate surface area is 104 Å². The fourth-order valence-corrected chi connectivity index (χ4v) is 1.72. The van der Waals surface area contributed by atoms with E-state index in [1.54, 1.807) is 24.3 Å². The van der Waals surface area contributed by atoms with E-state index in [0.717, 1.165) is 11.3 Å². The molecule has 0 atom stereocenters. The second-order valence-electron chi connectivity index (χ2n) is 3.82. The zero-order chi connectivity index (χ0) is 12.4. The first-order valence-electron chi connectivity index (χ1n) is 5.14. The van der Waals surface area contributed by atoms with Crippen molar-refractivity contribution in [3.8, 4) is 0 Å². The summed E-state index contributed by atoms with van der Waals surface area (Å²) in [4.78, 5) is 0. The van der Waals surface area contributed by atoms with Crippen molar-refractivity contribution in [3.63, 3.8) is 0 Å². The fraction of sp³-hybridized carbons (Fsp3) is 0.0769. The van der Waals surface area contributed by atoms with Gasteiger partial charge < -0.3 is 11.1 Å². The van der Waals surface area contributed by atoms with Gasteiger partial charge in [-0.1, -0.05) is 11.6 Å². The number of halogens is 2. The Morgan fingerprint density at radius 3 is 2.59 bits per heavy atom. The summed E-state index contributed by atoms with van der Waals surface area (Å²) >= 11 is 5.89. The van der Waals surface area contributed by atoms with Gasteiger partial charge in [0.05, 0.1) is 11.4 Å². The highest BCUT2D eigenvalue weighted by atomic mass is 35.5. The molecule has 88 valence electrons. The smallest absolute Gasteiger partial charge is 0.123 e. The maximum absolute atomic E-state index is 13.0. The number of hydrogen-bond acceptors (Lipinski definition) is 2. The summed E-state index contributed by atoms with van der Waals surface area (Å²) in [7, 11) is 0. The van der Waals surface area contributed by atoms with Gasteiger partial charge in [0, 0.05) is 10.7 Å². The molecule has 0 unspecified atom stereocenters. The van der Waals surface area contributed by atoms with Gasteiger partial charge in [-0.3, -0.25) is 0 Å². The summed E-state index contributed by atoms with van der Waals surface area (Å²) in [6.45, 7) is 1.83. The number of hydrogen-bond donors (Lipinski definition) is 2. The van der Waals surface area contributed by atoms with Gasteiger partial charge in [0.2, 0.25) is 0 Å². The van der Waals surface area contributed by atoms with E-state index in [9.17, 15) is 4.39 Å². The molecule has 2 aromatic carbocycles. The molecule has 0 spiro atoms. The average molecular weight is 251 g/mol. The molecule has 0 aromatic heterocycles. The molecule has 2 nitrogen and oxygen atoms in total. The number of benzene rings is 2. The minimum absolute atomic E-state index is 0.257. The third-order valence-corrected chi connectivity index (χ3v) is 2.71. The normalized spacial score (nSPS) is 10.3. The summed E-state index contributed by atoms with van der Waals surface area (Å²) in [6, 6.07) is 9.72. The first-order chi connectivity index (χ1) is 8.06. The van der Waals surface area contributed by atoms with Crippen LogP contribution in [0.25, 0.3) is 0 Å². The number of aryl methyl sites for hydroxylation is 1. The van der Waals surface area contributed by atoms with Gasteiger partial charge >= 0.3 is 0 Å². The molecule has 0 radical (unpaired) electrons. The minimum atomic E-state index is -0.257. The van der Waals surface area contributed by atoms with Gasteiger partial charge in [-0.25, -0.2) is 4.39 Å². The molecule has 0 saturated carbocycles. The summed E-state index contributed by atoms with van der Waals surface area (Å²) in [5.74, 6) is -0.257. The van der Waals surface area contributed by atoms with Gasteiger partial charge in [0.1, 0.15) is 5.82 Å². The molecule has 0 aliphatic carbocycles. The molecule has 2 rings (SSSR count). The molecule has 0 aliphatic heterocycles. The van der Waals surface area contributed by atoms with Gasteiger partial charge in [-0.2, -0.15) is 0 Å². The van der Waals surface area contributed by atoms with E-state index in [1.165, 1.54) is 12.1 Å². The highest BCUT2D eigenvalue weighted by Gasteiger charge is 2.04. The van der Waals surface area contributed by atoms with Crippen molar-refractivity contribution in [2.75, 3.05) is 11.1 Å². The first kappa shape index (κ1) is 11.7. The maximum atomic E-state index is 13.0. The third-order valence-electron chi connectivity index (χ3n) is 2.47. The molecule has 4 heteroatoms. The van der Waals surface area contributed by atoms with E-state index >= 15 is 0 Å². The standard InChI is InChI=1S/C13H12ClFN2/c1-8-6-10(15)3-5-12(8)17-13-7-9(14)2-4-11(13)16/h2-7,17H,16H2,1H3. The molecule has 3 N–H and O–H groups in total. The van der Waals surface area contributed by atoms with Crippen LogP contribution in [0, 0.1) is 12.7 Å². The number of anilines is 3. The van der Waals surface area contributed by atoms with Crippen LogP contribution in [-0.2, 0) is 0 Å². The number of rotatable bonds is 2. The van der Waals surface area contributed by atoms with E-state index < -0.39 is 0 Å². The molecular weight excluding hydrogens is 239 g/mol. The van der Waals surface area contributed by atoms with Crippen molar-refractivity contribution in [3.05, 3.63) is 52.8 Å². The van der Waals surface area contributed by atoms with Crippen LogP contribution in [0.2, 0.25) is 5.02 Å². The fourth-order valence-electron chi connectivity index (χ4n) is 1.55. The summed E-state index contributed by atoms with van der Waals surface area (Å²) in [5, 5.41) is 3.73. The van der Waals surface area contributed by atoms with Crippen molar-refractivity contribution in [1.82, 2.24) is 0 Å². The Morgan fingerprint density at radius 1 is 1.12 bits per heavy atom. The molecule has 0 saturated heterocycles.